The lowest BCUT2D eigenvalue weighted by molar-refractivity contribution is 0.0666. The van der Waals surface area contributed by atoms with Gasteiger partial charge >= 0.3 is 5.63 Å². The molecule has 13 nitrogen and oxygen atoms in total. The quantitative estimate of drug-likeness (QED) is 0.320. The molecule has 3 aromatic heterocycles. The highest BCUT2D eigenvalue weighted by atomic mass is 32.1. The summed E-state index contributed by atoms with van der Waals surface area (Å²) in [6.07, 6.45) is 3.09. The van der Waals surface area contributed by atoms with Gasteiger partial charge in [0.05, 0.1) is 32.1 Å². The molecule has 0 saturated carbocycles. The summed E-state index contributed by atoms with van der Waals surface area (Å²) in [5, 5.41) is 15.1. The first-order valence-corrected chi connectivity index (χ1v) is 12.4. The lowest BCUT2D eigenvalue weighted by Gasteiger charge is -2.17. The van der Waals surface area contributed by atoms with Gasteiger partial charge in [-0.25, -0.2) is 4.79 Å². The van der Waals surface area contributed by atoms with E-state index in [9.17, 15) is 9.59 Å². The van der Waals surface area contributed by atoms with E-state index in [1.54, 1.807) is 24.3 Å². The van der Waals surface area contributed by atoms with Crippen LogP contribution in [0.5, 0.6) is 17.2 Å². The van der Waals surface area contributed by atoms with Crippen LogP contribution in [-0.2, 0) is 4.74 Å². The molecule has 1 atom stereocenters. The maximum atomic E-state index is 13.1. The van der Waals surface area contributed by atoms with Crippen LogP contribution in [0.1, 0.15) is 23.4 Å². The molecule has 14 heteroatoms. The van der Waals surface area contributed by atoms with Crippen molar-refractivity contribution in [1.82, 2.24) is 20.0 Å². The molecule has 0 bridgehead atoms. The number of carbonyl (C=O) groups is 1. The Labute approximate surface area is 220 Å². The predicted molar refractivity (Wildman–Crippen MR) is 137 cm³/mol. The van der Waals surface area contributed by atoms with Gasteiger partial charge in [0, 0.05) is 18.2 Å². The van der Waals surface area contributed by atoms with Crippen LogP contribution in [0.25, 0.3) is 16.3 Å². The van der Waals surface area contributed by atoms with Crippen molar-refractivity contribution >= 4 is 28.2 Å². The minimum Gasteiger partial charge on any atom is -0.496 e. The van der Waals surface area contributed by atoms with Crippen LogP contribution in [0.15, 0.2) is 45.7 Å². The van der Waals surface area contributed by atoms with E-state index in [1.807, 2.05) is 0 Å². The zero-order chi connectivity index (χ0) is 26.6. The van der Waals surface area contributed by atoms with E-state index in [4.69, 9.17) is 29.1 Å². The van der Waals surface area contributed by atoms with E-state index in [-0.39, 0.29) is 34.9 Å². The summed E-state index contributed by atoms with van der Waals surface area (Å²) >= 11 is 1.04. The highest BCUT2D eigenvalue weighted by molar-refractivity contribution is 7.17. The highest BCUT2D eigenvalue weighted by Crippen LogP contribution is 2.42. The van der Waals surface area contributed by atoms with Crippen LogP contribution in [-0.4, -0.2) is 59.4 Å². The Morgan fingerprint density at radius 2 is 2.03 bits per heavy atom. The topological polar surface area (TPSA) is 166 Å². The van der Waals surface area contributed by atoms with Crippen molar-refractivity contribution in [2.75, 3.05) is 38.5 Å². The molecule has 1 amide bonds. The number of hydrogen-bond donors (Lipinski definition) is 2. The molecule has 0 aliphatic carbocycles. The minimum atomic E-state index is -0.846. The molecule has 1 aliphatic heterocycles. The Balaban J connectivity index is 1.51. The van der Waals surface area contributed by atoms with Gasteiger partial charge in [0.2, 0.25) is 16.0 Å². The largest absolute Gasteiger partial charge is 0.496 e. The second-order valence-electron chi connectivity index (χ2n) is 8.14. The Morgan fingerprint density at radius 1 is 1.24 bits per heavy atom. The van der Waals surface area contributed by atoms with E-state index >= 15 is 0 Å². The van der Waals surface area contributed by atoms with Crippen LogP contribution in [0, 0.1) is 0 Å². The van der Waals surface area contributed by atoms with Gasteiger partial charge in [0.15, 0.2) is 5.76 Å². The Morgan fingerprint density at radius 3 is 2.68 bits per heavy atom. The van der Waals surface area contributed by atoms with Gasteiger partial charge in [-0.05, 0) is 31.0 Å². The van der Waals surface area contributed by atoms with Crippen molar-refractivity contribution in [3.63, 3.8) is 0 Å². The fourth-order valence-electron chi connectivity index (χ4n) is 3.97. The first kappa shape index (κ1) is 25.2. The smallest absolute Gasteiger partial charge is 0.379 e. The molecule has 5 rings (SSSR count). The Bertz CT molecular complexity index is 1490. The third-order valence-electron chi connectivity index (χ3n) is 5.75. The van der Waals surface area contributed by atoms with E-state index < -0.39 is 11.5 Å². The zero-order valence-electron chi connectivity index (χ0n) is 20.5. The predicted octanol–water partition coefficient (Wildman–Crippen LogP) is 2.75. The fraction of sp³-hybridized carbons (Fsp3) is 0.292. The second kappa shape index (κ2) is 10.9. The molecule has 3 N–H and O–H groups in total. The third-order valence-corrected chi connectivity index (χ3v) is 6.57. The summed E-state index contributed by atoms with van der Waals surface area (Å²) in [4.78, 5) is 26.3. The third kappa shape index (κ3) is 5.03. The van der Waals surface area contributed by atoms with Gasteiger partial charge < -0.3 is 29.1 Å². The van der Waals surface area contributed by atoms with E-state index in [0.29, 0.717) is 34.6 Å². The van der Waals surface area contributed by atoms with Gasteiger partial charge in [-0.2, -0.15) is 9.78 Å². The van der Waals surface area contributed by atoms with Gasteiger partial charge in [-0.3, -0.25) is 10.1 Å². The van der Waals surface area contributed by atoms with Gasteiger partial charge in [0.25, 0.3) is 5.91 Å². The summed E-state index contributed by atoms with van der Waals surface area (Å²) in [6.45, 7) is 0.778. The summed E-state index contributed by atoms with van der Waals surface area (Å²) in [6, 6.07) is 8.16. The van der Waals surface area contributed by atoms with Gasteiger partial charge in [-0.1, -0.05) is 17.4 Å². The minimum absolute atomic E-state index is 0.0905. The average Bonchev–Trinajstić information content (AvgIpc) is 3.69. The first-order chi connectivity index (χ1) is 18.5. The number of methoxy groups -OCH3 is 2. The first-order valence-electron chi connectivity index (χ1n) is 11.6. The average molecular weight is 541 g/mol. The normalized spacial score (nSPS) is 14.8. The molecule has 4 aromatic rings. The molecule has 0 unspecified atom stereocenters. The molecular weight excluding hydrogens is 516 g/mol. The summed E-state index contributed by atoms with van der Waals surface area (Å²) < 4.78 is 29.3. The number of amides is 1. The number of nitrogen functional groups attached to an aromatic ring is 1. The lowest BCUT2D eigenvalue weighted by atomic mass is 10.0. The highest BCUT2D eigenvalue weighted by Gasteiger charge is 2.26. The Hall–Kier alpha value is -4.43. The number of hydrogen-bond acceptors (Lipinski definition) is 12. The van der Waals surface area contributed by atoms with Crippen LogP contribution in [0.2, 0.25) is 0 Å². The number of aromatic nitrogens is 4. The molecule has 1 aliphatic rings. The monoisotopic (exact) mass is 540 g/mol. The molecule has 1 fully saturated rings. The summed E-state index contributed by atoms with van der Waals surface area (Å²) in [5.41, 5.74) is 5.69. The number of nitrogens with two attached hydrogens (primary N) is 1. The molecule has 38 heavy (non-hydrogen) atoms. The molecular formula is C24H24N6O7S. The zero-order valence-corrected chi connectivity index (χ0v) is 21.3. The van der Waals surface area contributed by atoms with Crippen LogP contribution in [0.4, 0.5) is 10.9 Å². The maximum absolute atomic E-state index is 13.1. The number of ether oxygens (including phenoxy) is 4. The van der Waals surface area contributed by atoms with E-state index in [1.165, 1.54) is 31.2 Å². The standard InChI is InChI=1S/C24H24N6O7S/c1-33-15-6-3-7-16(34-2)19(15)14-11-17(37-22(32)20(14)36-12-13-5-4-10-35-13)21(31)27-23-28-29-24(38-23)30-18(25)8-9-26-30/h3,6-9,11,13H,4-5,10,12,25H2,1-2H3,(H,27,28,31)/t13-/m0/s1. The molecule has 1 saturated heterocycles. The molecule has 0 radical (unpaired) electrons. The number of nitrogens with one attached hydrogen (secondary N) is 1. The van der Waals surface area contributed by atoms with Crippen molar-refractivity contribution in [2.24, 2.45) is 0 Å². The van der Waals surface area contributed by atoms with Crippen molar-refractivity contribution in [2.45, 2.75) is 18.9 Å². The number of carbonyl (C=O) groups excluding carboxylic acids is 1. The van der Waals surface area contributed by atoms with Crippen LogP contribution in [0.3, 0.4) is 0 Å². The maximum Gasteiger partial charge on any atom is 0.379 e. The van der Waals surface area contributed by atoms with Gasteiger partial charge in [0.1, 0.15) is 23.9 Å². The summed E-state index contributed by atoms with van der Waals surface area (Å²) in [5.74, 6) is 0.0886. The van der Waals surface area contributed by atoms with Crippen LogP contribution >= 0.6 is 11.3 Å². The van der Waals surface area contributed by atoms with E-state index in [0.717, 1.165) is 24.2 Å². The molecule has 1 aromatic carbocycles. The van der Waals surface area contributed by atoms with Gasteiger partial charge in [-0.15, -0.1) is 10.2 Å². The lowest BCUT2D eigenvalue weighted by Crippen LogP contribution is -2.21. The molecule has 4 heterocycles. The number of benzene rings is 1. The summed E-state index contributed by atoms with van der Waals surface area (Å²) in [7, 11) is 2.98. The number of nitrogens with zero attached hydrogens (tertiary/aromatic N) is 4. The van der Waals surface area contributed by atoms with Crippen LogP contribution < -0.4 is 30.9 Å². The van der Waals surface area contributed by atoms with Crippen molar-refractivity contribution in [3.8, 4) is 33.5 Å². The number of rotatable bonds is 9. The number of anilines is 2. The fourth-order valence-corrected chi connectivity index (χ4v) is 4.69. The molecule has 198 valence electrons. The SMILES string of the molecule is COc1cccc(OC)c1-c1cc(C(=O)Nc2nnc(-n3nccc3N)s2)oc(=O)c1OC[C@@H]1CCCO1. The second-order valence-corrected chi connectivity index (χ2v) is 9.09. The van der Waals surface area contributed by atoms with E-state index in [2.05, 4.69) is 20.6 Å². The van der Waals surface area contributed by atoms with Crippen molar-refractivity contribution in [3.05, 3.63) is 52.7 Å². The molecule has 0 spiro atoms. The van der Waals surface area contributed by atoms with Crippen molar-refractivity contribution < 1.29 is 28.2 Å². The Kier molecular flexibility index (Phi) is 7.24. The van der Waals surface area contributed by atoms with Crippen molar-refractivity contribution in [1.29, 1.82) is 0 Å².